The van der Waals surface area contributed by atoms with Gasteiger partial charge in [-0.1, -0.05) is 6.42 Å². The average Bonchev–Trinajstić information content (AvgIpc) is 2.86. The van der Waals surface area contributed by atoms with Crippen molar-refractivity contribution in [2.45, 2.75) is 32.1 Å². The Labute approximate surface area is 139 Å². The van der Waals surface area contributed by atoms with Crippen molar-refractivity contribution in [1.82, 2.24) is 0 Å². The molecule has 1 aromatic carbocycles. The van der Waals surface area contributed by atoms with E-state index in [0.717, 1.165) is 29.2 Å². The third-order valence-electron chi connectivity index (χ3n) is 4.27. The lowest BCUT2D eigenvalue weighted by Gasteiger charge is -2.18. The first-order valence-corrected chi connectivity index (χ1v) is 8.94. The molecule has 0 saturated heterocycles. The molecule has 2 heterocycles. The van der Waals surface area contributed by atoms with E-state index in [1.165, 1.54) is 29.7 Å². The number of amides is 1. The molecular weight excluding hydrogens is 310 g/mol. The molecular formula is C18H19NO3S. The van der Waals surface area contributed by atoms with E-state index < -0.39 is 0 Å². The van der Waals surface area contributed by atoms with Crippen molar-refractivity contribution in [2.75, 3.05) is 18.5 Å². The molecule has 5 heteroatoms. The molecule has 1 N–H and O–H groups in total. The van der Waals surface area contributed by atoms with Crippen molar-refractivity contribution in [3.8, 4) is 11.5 Å². The first-order valence-electron chi connectivity index (χ1n) is 8.12. The summed E-state index contributed by atoms with van der Waals surface area (Å²) in [5.41, 5.74) is 2.10. The lowest BCUT2D eigenvalue weighted by atomic mass is 10.1. The molecule has 1 aromatic heterocycles. The van der Waals surface area contributed by atoms with Gasteiger partial charge in [-0.15, -0.1) is 11.3 Å². The summed E-state index contributed by atoms with van der Waals surface area (Å²) in [6.45, 7) is 1.11. The second kappa shape index (κ2) is 6.24. The molecule has 0 saturated carbocycles. The summed E-state index contributed by atoms with van der Waals surface area (Å²) in [5, 5.41) is 2.97. The summed E-state index contributed by atoms with van der Waals surface area (Å²) in [4.78, 5) is 14.7. The Morgan fingerprint density at radius 1 is 1.00 bits per heavy atom. The summed E-state index contributed by atoms with van der Waals surface area (Å²) in [7, 11) is 0. The van der Waals surface area contributed by atoms with Crippen molar-refractivity contribution >= 4 is 22.9 Å². The monoisotopic (exact) mass is 329 g/mol. The fraction of sp³-hybridized carbons (Fsp3) is 0.389. The number of hydrogen-bond donors (Lipinski definition) is 1. The Balaban J connectivity index is 1.51. The van der Waals surface area contributed by atoms with Crippen LogP contribution in [0.2, 0.25) is 0 Å². The molecule has 23 heavy (non-hydrogen) atoms. The Morgan fingerprint density at radius 3 is 2.74 bits per heavy atom. The zero-order valence-electron chi connectivity index (χ0n) is 12.9. The van der Waals surface area contributed by atoms with E-state index >= 15 is 0 Å². The van der Waals surface area contributed by atoms with Gasteiger partial charge in [-0.25, -0.2) is 0 Å². The van der Waals surface area contributed by atoms with Gasteiger partial charge in [0.15, 0.2) is 11.5 Å². The summed E-state index contributed by atoms with van der Waals surface area (Å²) < 4.78 is 11.1. The second-order valence-corrected chi connectivity index (χ2v) is 7.07. The predicted octanol–water partition coefficient (Wildman–Crippen LogP) is 4.04. The smallest absolute Gasteiger partial charge is 0.265 e. The number of aryl methyl sites for hydroxylation is 2. The van der Waals surface area contributed by atoms with Gasteiger partial charge in [-0.2, -0.15) is 0 Å². The van der Waals surface area contributed by atoms with E-state index in [1.807, 2.05) is 18.2 Å². The quantitative estimate of drug-likeness (QED) is 0.846. The number of hydrogen-bond acceptors (Lipinski definition) is 4. The molecule has 4 nitrogen and oxygen atoms in total. The van der Waals surface area contributed by atoms with E-state index in [9.17, 15) is 4.79 Å². The van der Waals surface area contributed by atoms with Crippen molar-refractivity contribution in [3.05, 3.63) is 39.6 Å². The number of anilines is 1. The Kier molecular flexibility index (Phi) is 3.95. The van der Waals surface area contributed by atoms with Gasteiger partial charge in [-0.05, 0) is 49.4 Å². The molecule has 1 aliphatic carbocycles. The maximum absolute atomic E-state index is 12.5. The lowest BCUT2D eigenvalue weighted by Crippen LogP contribution is -2.16. The van der Waals surface area contributed by atoms with Crippen LogP contribution in [0.4, 0.5) is 5.69 Å². The van der Waals surface area contributed by atoms with Gasteiger partial charge in [0.1, 0.15) is 13.2 Å². The fourth-order valence-corrected chi connectivity index (χ4v) is 4.24. The molecule has 0 unspecified atom stereocenters. The van der Waals surface area contributed by atoms with Crippen LogP contribution in [-0.4, -0.2) is 19.1 Å². The zero-order valence-corrected chi connectivity index (χ0v) is 13.7. The van der Waals surface area contributed by atoms with Gasteiger partial charge < -0.3 is 14.8 Å². The largest absolute Gasteiger partial charge is 0.486 e. The van der Waals surface area contributed by atoms with E-state index in [1.54, 1.807) is 11.3 Å². The number of carbonyl (C=O) groups excluding carboxylic acids is 1. The van der Waals surface area contributed by atoms with Gasteiger partial charge in [0, 0.05) is 16.6 Å². The van der Waals surface area contributed by atoms with Crippen LogP contribution in [0, 0.1) is 0 Å². The van der Waals surface area contributed by atoms with Crippen molar-refractivity contribution in [1.29, 1.82) is 0 Å². The van der Waals surface area contributed by atoms with Crippen LogP contribution in [-0.2, 0) is 12.8 Å². The number of rotatable bonds is 2. The Morgan fingerprint density at radius 2 is 1.83 bits per heavy atom. The number of carbonyl (C=O) groups is 1. The van der Waals surface area contributed by atoms with Crippen LogP contribution < -0.4 is 14.8 Å². The minimum absolute atomic E-state index is 0.0419. The van der Waals surface area contributed by atoms with E-state index in [-0.39, 0.29) is 5.91 Å². The minimum atomic E-state index is -0.0419. The summed E-state index contributed by atoms with van der Waals surface area (Å²) >= 11 is 1.64. The molecule has 120 valence electrons. The highest BCUT2D eigenvalue weighted by Gasteiger charge is 2.18. The number of fused-ring (bicyclic) bond motifs is 2. The molecule has 0 spiro atoms. The molecule has 0 bridgehead atoms. The molecule has 0 radical (unpaired) electrons. The second-order valence-electron chi connectivity index (χ2n) is 5.93. The van der Waals surface area contributed by atoms with Crippen molar-refractivity contribution < 1.29 is 14.3 Å². The van der Waals surface area contributed by atoms with Gasteiger partial charge >= 0.3 is 0 Å². The van der Waals surface area contributed by atoms with Crippen molar-refractivity contribution in [3.63, 3.8) is 0 Å². The zero-order chi connectivity index (χ0) is 15.6. The summed E-state index contributed by atoms with van der Waals surface area (Å²) in [6, 6.07) is 7.58. The highest BCUT2D eigenvalue weighted by atomic mass is 32.1. The maximum atomic E-state index is 12.5. The molecule has 1 amide bonds. The van der Waals surface area contributed by atoms with Crippen LogP contribution in [0.1, 0.15) is 39.4 Å². The van der Waals surface area contributed by atoms with Crippen LogP contribution >= 0.6 is 11.3 Å². The first-order chi connectivity index (χ1) is 11.3. The van der Waals surface area contributed by atoms with Gasteiger partial charge in [0.2, 0.25) is 0 Å². The van der Waals surface area contributed by atoms with E-state index in [4.69, 9.17) is 9.47 Å². The molecule has 1 aliphatic heterocycles. The topological polar surface area (TPSA) is 47.6 Å². The highest BCUT2D eigenvalue weighted by molar-refractivity contribution is 7.14. The SMILES string of the molecule is O=C(Nc1ccc2c(c1)OCCO2)c1cc2c(s1)CCCCC2. The Hall–Kier alpha value is -2.01. The Bertz CT molecular complexity index is 714. The molecule has 0 atom stereocenters. The summed E-state index contributed by atoms with van der Waals surface area (Å²) in [5.74, 6) is 1.38. The van der Waals surface area contributed by atoms with Crippen LogP contribution in [0.5, 0.6) is 11.5 Å². The lowest BCUT2D eigenvalue weighted by molar-refractivity contribution is 0.103. The molecule has 2 aromatic rings. The van der Waals surface area contributed by atoms with E-state index in [0.29, 0.717) is 19.0 Å². The molecule has 4 rings (SSSR count). The third-order valence-corrected chi connectivity index (χ3v) is 5.51. The van der Waals surface area contributed by atoms with Crippen LogP contribution in [0.3, 0.4) is 0 Å². The van der Waals surface area contributed by atoms with Crippen LogP contribution in [0.15, 0.2) is 24.3 Å². The van der Waals surface area contributed by atoms with Gasteiger partial charge in [0.05, 0.1) is 4.88 Å². The fourth-order valence-electron chi connectivity index (χ4n) is 3.09. The average molecular weight is 329 g/mol. The number of thiophene rings is 1. The van der Waals surface area contributed by atoms with Crippen LogP contribution in [0.25, 0.3) is 0 Å². The van der Waals surface area contributed by atoms with Gasteiger partial charge in [-0.3, -0.25) is 4.79 Å². The third kappa shape index (κ3) is 3.06. The molecule has 2 aliphatic rings. The predicted molar refractivity (Wildman–Crippen MR) is 91.0 cm³/mol. The van der Waals surface area contributed by atoms with Crippen molar-refractivity contribution in [2.24, 2.45) is 0 Å². The number of nitrogens with one attached hydrogen (secondary N) is 1. The normalized spacial score (nSPS) is 16.3. The van der Waals surface area contributed by atoms with Gasteiger partial charge in [0.25, 0.3) is 5.91 Å². The molecule has 0 fully saturated rings. The summed E-state index contributed by atoms with van der Waals surface area (Å²) in [6.07, 6.45) is 5.96. The number of ether oxygens (including phenoxy) is 2. The number of benzene rings is 1. The standard InChI is InChI=1S/C18H19NO3S/c20-18(17-10-12-4-2-1-3-5-16(12)23-17)19-13-6-7-14-15(11-13)22-9-8-21-14/h6-7,10-11H,1-5,8-9H2,(H,19,20). The highest BCUT2D eigenvalue weighted by Crippen LogP contribution is 2.33. The first kappa shape index (κ1) is 14.6. The van der Waals surface area contributed by atoms with E-state index in [2.05, 4.69) is 11.4 Å². The minimum Gasteiger partial charge on any atom is -0.486 e. The maximum Gasteiger partial charge on any atom is 0.265 e.